The van der Waals surface area contributed by atoms with Gasteiger partial charge in [-0.1, -0.05) is 75.7 Å². The van der Waals surface area contributed by atoms with Crippen molar-refractivity contribution in [2.45, 2.75) is 52.6 Å². The molecule has 4 aromatic rings. The van der Waals surface area contributed by atoms with Crippen molar-refractivity contribution in [3.05, 3.63) is 72.4 Å². The van der Waals surface area contributed by atoms with E-state index in [0.29, 0.717) is 18.2 Å². The maximum atomic E-state index is 14.1. The Labute approximate surface area is 223 Å². The number of nitrogens with zero attached hydrogens (tertiary/aromatic N) is 5. The standard InChI is InChI=1S/C29H37N7O2/c1-5-6-18-35(29(38)36(26(19-37)20(2)3)27-12-9-17-30-27)21(4)22-13-15-23(16-14-22)24-10-7-8-11-25(24)28-31-33-34-32-28/h7-17,20-21,26,30,37H,5-6,18-19H2,1-4H3,(H,31,32,33,34). The van der Waals surface area contributed by atoms with Crippen LogP contribution in [0.4, 0.5) is 10.6 Å². The van der Waals surface area contributed by atoms with Gasteiger partial charge >= 0.3 is 6.03 Å². The van der Waals surface area contributed by atoms with E-state index >= 15 is 0 Å². The van der Waals surface area contributed by atoms with Crippen LogP contribution >= 0.6 is 0 Å². The fourth-order valence-corrected chi connectivity index (χ4v) is 4.73. The molecule has 0 radical (unpaired) electrons. The van der Waals surface area contributed by atoms with Crippen LogP contribution in [0.25, 0.3) is 22.5 Å². The zero-order valence-electron chi connectivity index (χ0n) is 22.5. The van der Waals surface area contributed by atoms with Gasteiger partial charge in [-0.05, 0) is 53.3 Å². The highest BCUT2D eigenvalue weighted by atomic mass is 16.3. The number of unbranched alkanes of at least 4 members (excludes halogenated alkanes) is 1. The van der Waals surface area contributed by atoms with Crippen molar-refractivity contribution in [2.75, 3.05) is 18.1 Å². The number of H-pyrrole nitrogens is 2. The van der Waals surface area contributed by atoms with Crippen LogP contribution < -0.4 is 4.90 Å². The number of urea groups is 1. The summed E-state index contributed by atoms with van der Waals surface area (Å²) in [4.78, 5) is 20.9. The van der Waals surface area contributed by atoms with E-state index in [1.54, 1.807) is 11.1 Å². The Morgan fingerprint density at radius 3 is 2.32 bits per heavy atom. The van der Waals surface area contributed by atoms with Crippen molar-refractivity contribution < 1.29 is 9.90 Å². The fourth-order valence-electron chi connectivity index (χ4n) is 4.73. The molecular weight excluding hydrogens is 478 g/mol. The van der Waals surface area contributed by atoms with Gasteiger partial charge in [-0.25, -0.2) is 4.79 Å². The van der Waals surface area contributed by atoms with E-state index in [4.69, 9.17) is 0 Å². The number of anilines is 1. The highest BCUT2D eigenvalue weighted by molar-refractivity contribution is 5.92. The zero-order valence-corrected chi connectivity index (χ0v) is 22.5. The van der Waals surface area contributed by atoms with Gasteiger partial charge in [0.15, 0.2) is 0 Å². The van der Waals surface area contributed by atoms with Crippen molar-refractivity contribution in [1.82, 2.24) is 30.5 Å². The van der Waals surface area contributed by atoms with Crippen molar-refractivity contribution >= 4 is 11.8 Å². The van der Waals surface area contributed by atoms with Gasteiger partial charge in [0.1, 0.15) is 5.82 Å². The minimum Gasteiger partial charge on any atom is -0.394 e. The number of rotatable bonds is 11. The molecule has 3 N–H and O–H groups in total. The van der Waals surface area contributed by atoms with Crippen LogP contribution in [0.5, 0.6) is 0 Å². The maximum Gasteiger partial charge on any atom is 0.326 e. The van der Waals surface area contributed by atoms with Crippen LogP contribution in [-0.4, -0.2) is 60.8 Å². The molecule has 0 fully saturated rings. The normalized spacial score (nSPS) is 12.9. The summed E-state index contributed by atoms with van der Waals surface area (Å²) in [6, 6.07) is 19.4. The topological polar surface area (TPSA) is 114 Å². The lowest BCUT2D eigenvalue weighted by Crippen LogP contribution is -2.52. The van der Waals surface area contributed by atoms with E-state index in [1.165, 1.54) is 0 Å². The van der Waals surface area contributed by atoms with Crippen LogP contribution in [0.1, 0.15) is 52.1 Å². The summed E-state index contributed by atoms with van der Waals surface area (Å²) in [5.74, 6) is 1.31. The molecule has 200 valence electrons. The number of hydrogen-bond acceptors (Lipinski definition) is 5. The van der Waals surface area contributed by atoms with Crippen molar-refractivity contribution in [3.63, 3.8) is 0 Å². The van der Waals surface area contributed by atoms with Gasteiger partial charge < -0.3 is 15.0 Å². The highest BCUT2D eigenvalue weighted by Crippen LogP contribution is 2.32. The van der Waals surface area contributed by atoms with Crippen molar-refractivity contribution in [2.24, 2.45) is 5.92 Å². The summed E-state index contributed by atoms with van der Waals surface area (Å²) < 4.78 is 0. The number of nitrogens with one attached hydrogen (secondary N) is 2. The first-order chi connectivity index (χ1) is 18.5. The first kappa shape index (κ1) is 27.1. The Morgan fingerprint density at radius 2 is 1.74 bits per heavy atom. The van der Waals surface area contributed by atoms with E-state index in [1.807, 2.05) is 55.1 Å². The molecule has 9 heteroatoms. The van der Waals surface area contributed by atoms with Crippen LogP contribution in [0.2, 0.25) is 0 Å². The van der Waals surface area contributed by atoms with Crippen molar-refractivity contribution in [3.8, 4) is 22.5 Å². The number of hydrogen-bond donors (Lipinski definition) is 3. The van der Waals surface area contributed by atoms with Gasteiger partial charge in [0.05, 0.1) is 18.7 Å². The summed E-state index contributed by atoms with van der Waals surface area (Å²) in [5.41, 5.74) is 3.97. The minimum absolute atomic E-state index is 0.0779. The molecule has 0 aliphatic heterocycles. The first-order valence-corrected chi connectivity index (χ1v) is 13.2. The number of benzene rings is 2. The van der Waals surface area contributed by atoms with E-state index in [-0.39, 0.29) is 30.6 Å². The molecule has 2 aromatic heterocycles. The molecule has 0 saturated heterocycles. The lowest BCUT2D eigenvalue weighted by molar-refractivity contribution is 0.170. The van der Waals surface area contributed by atoms with E-state index in [9.17, 15) is 9.90 Å². The summed E-state index contributed by atoms with van der Waals surface area (Å²) in [5, 5.41) is 24.7. The lowest BCUT2D eigenvalue weighted by Gasteiger charge is -2.39. The number of aromatic amines is 2. The maximum absolute atomic E-state index is 14.1. The van der Waals surface area contributed by atoms with Gasteiger partial charge in [-0.3, -0.25) is 4.90 Å². The van der Waals surface area contributed by atoms with Crippen LogP contribution in [-0.2, 0) is 0 Å². The zero-order chi connectivity index (χ0) is 27.1. The monoisotopic (exact) mass is 515 g/mol. The molecule has 2 amide bonds. The Balaban J connectivity index is 1.65. The average Bonchev–Trinajstić information content (AvgIpc) is 3.66. The molecule has 0 spiro atoms. The van der Waals surface area contributed by atoms with Gasteiger partial charge in [-0.2, -0.15) is 5.21 Å². The quantitative estimate of drug-likeness (QED) is 0.238. The van der Waals surface area contributed by atoms with Crippen molar-refractivity contribution in [1.29, 1.82) is 0 Å². The molecule has 38 heavy (non-hydrogen) atoms. The molecule has 0 aliphatic carbocycles. The van der Waals surface area contributed by atoms with Gasteiger partial charge in [0.25, 0.3) is 0 Å². The lowest BCUT2D eigenvalue weighted by atomic mass is 9.96. The third kappa shape index (κ3) is 5.78. The second-order valence-electron chi connectivity index (χ2n) is 9.83. The first-order valence-electron chi connectivity index (χ1n) is 13.2. The molecule has 2 atom stereocenters. The van der Waals surface area contributed by atoms with Gasteiger partial charge in [0, 0.05) is 18.3 Å². The summed E-state index contributed by atoms with van der Waals surface area (Å²) in [7, 11) is 0. The average molecular weight is 516 g/mol. The molecule has 2 unspecified atom stereocenters. The SMILES string of the molecule is CCCCN(C(=O)N(c1ccc[nH]1)C(CO)C(C)C)C(C)c1ccc(-c2ccccc2-c2nn[nH]n2)cc1. The Bertz CT molecular complexity index is 1270. The van der Waals surface area contributed by atoms with E-state index in [2.05, 4.69) is 63.7 Å². The molecule has 2 heterocycles. The summed E-state index contributed by atoms with van der Waals surface area (Å²) in [6.45, 7) is 8.73. The number of carbonyl (C=O) groups is 1. The van der Waals surface area contributed by atoms with Crippen LogP contribution in [0, 0.1) is 5.92 Å². The number of aliphatic hydroxyl groups excluding tert-OH is 1. The molecule has 4 rings (SSSR count). The largest absolute Gasteiger partial charge is 0.394 e. The third-order valence-electron chi connectivity index (χ3n) is 7.02. The van der Waals surface area contributed by atoms with Crippen LogP contribution in [0.3, 0.4) is 0 Å². The Hall–Kier alpha value is -3.98. The third-order valence-corrected chi connectivity index (χ3v) is 7.02. The highest BCUT2D eigenvalue weighted by Gasteiger charge is 2.33. The number of amides is 2. The summed E-state index contributed by atoms with van der Waals surface area (Å²) >= 11 is 0. The molecule has 0 bridgehead atoms. The molecule has 0 aliphatic rings. The second-order valence-corrected chi connectivity index (χ2v) is 9.83. The number of carbonyl (C=O) groups excluding carboxylic acids is 1. The molecule has 9 nitrogen and oxygen atoms in total. The number of tetrazole rings is 1. The Morgan fingerprint density at radius 1 is 1.00 bits per heavy atom. The predicted molar refractivity (Wildman–Crippen MR) is 149 cm³/mol. The predicted octanol–water partition coefficient (Wildman–Crippen LogP) is 5.67. The van der Waals surface area contributed by atoms with Crippen LogP contribution in [0.15, 0.2) is 66.9 Å². The van der Waals surface area contributed by atoms with Gasteiger partial charge in [-0.15, -0.1) is 10.2 Å². The fraction of sp³-hybridized carbons (Fsp3) is 0.379. The number of aliphatic hydroxyl groups is 1. The molecule has 2 aromatic carbocycles. The van der Waals surface area contributed by atoms with Gasteiger partial charge in [0.2, 0.25) is 5.82 Å². The summed E-state index contributed by atoms with van der Waals surface area (Å²) in [6.07, 6.45) is 3.66. The molecule has 0 saturated carbocycles. The molecular formula is C29H37N7O2. The second kappa shape index (κ2) is 12.5. The Kier molecular flexibility index (Phi) is 8.91. The smallest absolute Gasteiger partial charge is 0.326 e. The number of aromatic nitrogens is 5. The van der Waals surface area contributed by atoms with E-state index < -0.39 is 0 Å². The van der Waals surface area contributed by atoms with E-state index in [0.717, 1.165) is 35.1 Å². The minimum atomic E-state index is -0.346.